The van der Waals surface area contributed by atoms with Crippen molar-refractivity contribution in [1.82, 2.24) is 10.6 Å². The van der Waals surface area contributed by atoms with Crippen LogP contribution in [-0.4, -0.2) is 31.0 Å². The maximum absolute atomic E-state index is 12.2. The molecular formula is C20H23ClN2O3. The van der Waals surface area contributed by atoms with E-state index >= 15 is 0 Å². The van der Waals surface area contributed by atoms with Crippen LogP contribution in [0, 0.1) is 13.8 Å². The van der Waals surface area contributed by atoms with Crippen LogP contribution in [0.1, 0.15) is 28.4 Å². The second-order valence-corrected chi connectivity index (χ2v) is 6.55. The highest BCUT2D eigenvalue weighted by molar-refractivity contribution is 6.33. The Labute approximate surface area is 158 Å². The van der Waals surface area contributed by atoms with Gasteiger partial charge in [-0.05, 0) is 56.2 Å². The highest BCUT2D eigenvalue weighted by Crippen LogP contribution is 2.16. The maximum atomic E-state index is 12.2. The minimum atomic E-state index is -0.681. The fraction of sp³-hybridized carbons (Fsp3) is 0.300. The summed E-state index contributed by atoms with van der Waals surface area (Å²) in [4.78, 5) is 24.3. The molecule has 138 valence electrons. The first kappa shape index (κ1) is 19.8. The van der Waals surface area contributed by atoms with Gasteiger partial charge in [0.2, 0.25) is 5.91 Å². The molecule has 0 aliphatic heterocycles. The average molecular weight is 375 g/mol. The summed E-state index contributed by atoms with van der Waals surface area (Å²) in [6, 6.07) is 12.0. The molecule has 2 amide bonds. The average Bonchev–Trinajstić information content (AvgIpc) is 2.58. The summed E-state index contributed by atoms with van der Waals surface area (Å²) in [6.07, 6.45) is 0. The van der Waals surface area contributed by atoms with Crippen LogP contribution < -0.4 is 15.4 Å². The number of halogens is 1. The maximum Gasteiger partial charge on any atom is 0.253 e. The number of rotatable bonds is 7. The van der Waals surface area contributed by atoms with Crippen molar-refractivity contribution in [3.63, 3.8) is 0 Å². The van der Waals surface area contributed by atoms with Crippen molar-refractivity contribution in [3.05, 3.63) is 64.2 Å². The Morgan fingerprint density at radius 1 is 1.12 bits per heavy atom. The summed E-state index contributed by atoms with van der Waals surface area (Å²) >= 11 is 5.99. The van der Waals surface area contributed by atoms with Crippen molar-refractivity contribution < 1.29 is 14.3 Å². The third-order valence-corrected chi connectivity index (χ3v) is 4.05. The summed E-state index contributed by atoms with van der Waals surface area (Å²) < 4.78 is 5.64. The van der Waals surface area contributed by atoms with Gasteiger partial charge in [0.25, 0.3) is 5.91 Å². The van der Waals surface area contributed by atoms with Crippen LogP contribution in [0.2, 0.25) is 5.02 Å². The number of benzene rings is 2. The van der Waals surface area contributed by atoms with Gasteiger partial charge in [0.1, 0.15) is 18.4 Å². The fourth-order valence-corrected chi connectivity index (χ4v) is 2.72. The molecule has 2 N–H and O–H groups in total. The Hall–Kier alpha value is -2.53. The Kier molecular flexibility index (Phi) is 7.04. The largest absolute Gasteiger partial charge is 0.492 e. The highest BCUT2D eigenvalue weighted by atomic mass is 35.5. The lowest BCUT2D eigenvalue weighted by molar-refractivity contribution is -0.122. The zero-order valence-corrected chi connectivity index (χ0v) is 15.9. The molecular weight excluding hydrogens is 352 g/mol. The number of hydrogen-bond donors (Lipinski definition) is 2. The monoisotopic (exact) mass is 374 g/mol. The first-order valence-corrected chi connectivity index (χ1v) is 8.79. The van der Waals surface area contributed by atoms with Gasteiger partial charge in [0.15, 0.2) is 0 Å². The lowest BCUT2D eigenvalue weighted by Crippen LogP contribution is -2.45. The van der Waals surface area contributed by atoms with Gasteiger partial charge in [-0.3, -0.25) is 9.59 Å². The molecule has 0 spiro atoms. The summed E-state index contributed by atoms with van der Waals surface area (Å²) in [5, 5.41) is 5.72. The van der Waals surface area contributed by atoms with Gasteiger partial charge in [-0.1, -0.05) is 29.8 Å². The van der Waals surface area contributed by atoms with Gasteiger partial charge in [-0.2, -0.15) is 0 Å². The molecule has 0 heterocycles. The predicted molar refractivity (Wildman–Crippen MR) is 103 cm³/mol. The van der Waals surface area contributed by atoms with Gasteiger partial charge in [-0.15, -0.1) is 0 Å². The Bertz CT molecular complexity index is 772. The lowest BCUT2D eigenvalue weighted by Gasteiger charge is -2.15. The second kappa shape index (κ2) is 9.25. The van der Waals surface area contributed by atoms with E-state index in [4.69, 9.17) is 16.3 Å². The fourth-order valence-electron chi connectivity index (χ4n) is 2.50. The van der Waals surface area contributed by atoms with E-state index in [0.29, 0.717) is 23.7 Å². The van der Waals surface area contributed by atoms with Crippen molar-refractivity contribution >= 4 is 23.4 Å². The molecule has 0 aliphatic carbocycles. The van der Waals surface area contributed by atoms with Gasteiger partial charge in [0.05, 0.1) is 17.1 Å². The number of aryl methyl sites for hydroxylation is 2. The molecule has 5 nitrogen and oxygen atoms in total. The zero-order chi connectivity index (χ0) is 19.1. The van der Waals surface area contributed by atoms with Gasteiger partial charge in [0, 0.05) is 0 Å². The predicted octanol–water partition coefficient (Wildman–Crippen LogP) is 3.27. The minimum absolute atomic E-state index is 0.283. The number of carbonyl (C=O) groups is 2. The molecule has 0 saturated carbocycles. The van der Waals surface area contributed by atoms with Crippen LogP contribution in [-0.2, 0) is 4.79 Å². The van der Waals surface area contributed by atoms with Crippen LogP contribution in [0.15, 0.2) is 42.5 Å². The number of amides is 2. The summed E-state index contributed by atoms with van der Waals surface area (Å²) in [5.74, 6) is 0.107. The number of hydrogen-bond acceptors (Lipinski definition) is 3. The van der Waals surface area contributed by atoms with Gasteiger partial charge in [-0.25, -0.2) is 0 Å². The van der Waals surface area contributed by atoms with Crippen molar-refractivity contribution in [2.45, 2.75) is 26.8 Å². The van der Waals surface area contributed by atoms with E-state index < -0.39 is 6.04 Å². The smallest absolute Gasteiger partial charge is 0.253 e. The lowest BCUT2D eigenvalue weighted by atomic mass is 10.1. The summed E-state index contributed by atoms with van der Waals surface area (Å²) in [5.41, 5.74) is 2.59. The summed E-state index contributed by atoms with van der Waals surface area (Å²) in [7, 11) is 0. The van der Waals surface area contributed by atoms with E-state index in [-0.39, 0.29) is 11.8 Å². The van der Waals surface area contributed by atoms with Gasteiger partial charge < -0.3 is 15.4 Å². The molecule has 2 aromatic rings. The van der Waals surface area contributed by atoms with E-state index in [1.54, 1.807) is 31.2 Å². The molecule has 0 bridgehead atoms. The minimum Gasteiger partial charge on any atom is -0.492 e. The van der Waals surface area contributed by atoms with Crippen molar-refractivity contribution in [2.24, 2.45) is 0 Å². The van der Waals surface area contributed by atoms with E-state index in [9.17, 15) is 9.59 Å². The third kappa shape index (κ3) is 5.77. The molecule has 0 radical (unpaired) electrons. The third-order valence-electron chi connectivity index (χ3n) is 3.72. The first-order chi connectivity index (χ1) is 12.4. The van der Waals surface area contributed by atoms with E-state index in [1.165, 1.54) is 0 Å². The molecule has 0 aromatic heterocycles. The summed E-state index contributed by atoms with van der Waals surface area (Å²) in [6.45, 7) is 6.32. The molecule has 0 saturated heterocycles. The van der Waals surface area contributed by atoms with Gasteiger partial charge >= 0.3 is 0 Å². The normalized spacial score (nSPS) is 11.5. The van der Waals surface area contributed by atoms with E-state index in [0.717, 1.165) is 16.9 Å². The molecule has 6 heteroatoms. The Morgan fingerprint density at radius 3 is 2.42 bits per heavy atom. The molecule has 26 heavy (non-hydrogen) atoms. The first-order valence-electron chi connectivity index (χ1n) is 8.41. The van der Waals surface area contributed by atoms with E-state index in [2.05, 4.69) is 16.7 Å². The molecule has 0 aliphatic rings. The van der Waals surface area contributed by atoms with Crippen LogP contribution in [0.3, 0.4) is 0 Å². The molecule has 2 aromatic carbocycles. The number of nitrogens with one attached hydrogen (secondary N) is 2. The van der Waals surface area contributed by atoms with Crippen LogP contribution in [0.5, 0.6) is 5.75 Å². The van der Waals surface area contributed by atoms with Crippen LogP contribution in [0.4, 0.5) is 0 Å². The quantitative estimate of drug-likeness (QED) is 0.731. The van der Waals surface area contributed by atoms with Crippen molar-refractivity contribution in [3.8, 4) is 5.75 Å². The zero-order valence-electron chi connectivity index (χ0n) is 15.1. The molecule has 1 unspecified atom stereocenters. The Morgan fingerprint density at radius 2 is 1.77 bits per heavy atom. The second-order valence-electron chi connectivity index (χ2n) is 6.14. The molecule has 2 rings (SSSR count). The molecule has 1 atom stereocenters. The van der Waals surface area contributed by atoms with E-state index in [1.807, 2.05) is 26.0 Å². The highest BCUT2D eigenvalue weighted by Gasteiger charge is 2.17. The standard InChI is InChI=1S/C20H23ClN2O3/c1-13-10-14(2)12-16(11-13)26-9-8-22-19(24)15(3)23-20(25)17-6-4-5-7-18(17)21/h4-7,10-12,15H,8-9H2,1-3H3,(H,22,24)(H,23,25). The molecule has 0 fully saturated rings. The SMILES string of the molecule is Cc1cc(C)cc(OCCNC(=O)C(C)NC(=O)c2ccccc2Cl)c1. The number of carbonyl (C=O) groups excluding carboxylic acids is 2. The number of ether oxygens (including phenoxy) is 1. The Balaban J connectivity index is 1.76. The van der Waals surface area contributed by atoms with Crippen LogP contribution >= 0.6 is 11.6 Å². The van der Waals surface area contributed by atoms with Crippen LogP contribution in [0.25, 0.3) is 0 Å². The topological polar surface area (TPSA) is 67.4 Å². The van der Waals surface area contributed by atoms with Crippen molar-refractivity contribution in [1.29, 1.82) is 0 Å². The van der Waals surface area contributed by atoms with Crippen molar-refractivity contribution in [2.75, 3.05) is 13.2 Å².